The van der Waals surface area contributed by atoms with Crippen molar-refractivity contribution in [1.29, 1.82) is 0 Å². The van der Waals surface area contributed by atoms with Crippen molar-refractivity contribution in [3.8, 4) is 0 Å². The Kier molecular flexibility index (Phi) is 2.80. The van der Waals surface area contributed by atoms with Gasteiger partial charge in [-0.1, -0.05) is 12.1 Å². The van der Waals surface area contributed by atoms with Gasteiger partial charge in [0.1, 0.15) is 5.82 Å². The van der Waals surface area contributed by atoms with Gasteiger partial charge in [-0.15, -0.1) is 0 Å². The SMILES string of the molecule is CC(C)(O)[C@H]1CCC(c2cccc(F)c2)=N1. The van der Waals surface area contributed by atoms with Gasteiger partial charge in [-0.3, -0.25) is 4.99 Å². The van der Waals surface area contributed by atoms with Crippen LogP contribution in [0.5, 0.6) is 0 Å². The lowest BCUT2D eigenvalue weighted by Gasteiger charge is -2.22. The second-order valence-electron chi connectivity index (χ2n) is 4.79. The molecule has 0 spiro atoms. The standard InChI is InChI=1S/C13H16FNO/c1-13(2,16)12-7-6-11(15-12)9-4-3-5-10(14)8-9/h3-5,8,12,16H,6-7H2,1-2H3/t12-/m1/s1. The van der Waals surface area contributed by atoms with E-state index in [9.17, 15) is 9.50 Å². The lowest BCUT2D eigenvalue weighted by molar-refractivity contribution is 0.0535. The highest BCUT2D eigenvalue weighted by molar-refractivity contribution is 6.01. The van der Waals surface area contributed by atoms with E-state index >= 15 is 0 Å². The quantitative estimate of drug-likeness (QED) is 0.817. The summed E-state index contributed by atoms with van der Waals surface area (Å²) < 4.78 is 13.0. The molecule has 1 aromatic rings. The molecule has 1 atom stereocenters. The summed E-state index contributed by atoms with van der Waals surface area (Å²) in [6, 6.07) is 6.38. The van der Waals surface area contributed by atoms with E-state index in [0.29, 0.717) is 0 Å². The number of rotatable bonds is 2. The van der Waals surface area contributed by atoms with Crippen molar-refractivity contribution in [2.24, 2.45) is 4.99 Å². The van der Waals surface area contributed by atoms with Gasteiger partial charge in [-0.2, -0.15) is 0 Å². The average molecular weight is 221 g/mol. The minimum atomic E-state index is -0.797. The van der Waals surface area contributed by atoms with E-state index in [1.54, 1.807) is 19.9 Å². The van der Waals surface area contributed by atoms with E-state index < -0.39 is 5.60 Å². The first kappa shape index (κ1) is 11.3. The lowest BCUT2D eigenvalue weighted by atomic mass is 9.97. The largest absolute Gasteiger partial charge is 0.388 e. The topological polar surface area (TPSA) is 32.6 Å². The molecular formula is C13H16FNO. The van der Waals surface area contributed by atoms with Crippen molar-refractivity contribution in [1.82, 2.24) is 0 Å². The van der Waals surface area contributed by atoms with E-state index in [0.717, 1.165) is 24.1 Å². The smallest absolute Gasteiger partial charge is 0.123 e. The molecule has 16 heavy (non-hydrogen) atoms. The first-order valence-corrected chi connectivity index (χ1v) is 5.52. The number of aliphatic imine (C=N–C) groups is 1. The number of benzene rings is 1. The molecule has 0 radical (unpaired) electrons. The van der Waals surface area contributed by atoms with E-state index in [1.807, 2.05) is 6.07 Å². The van der Waals surface area contributed by atoms with Crippen LogP contribution in [-0.4, -0.2) is 22.5 Å². The van der Waals surface area contributed by atoms with Crippen LogP contribution in [0.1, 0.15) is 32.3 Å². The Bertz CT molecular complexity index is 420. The summed E-state index contributed by atoms with van der Waals surface area (Å²) in [5, 5.41) is 9.86. The molecule has 86 valence electrons. The van der Waals surface area contributed by atoms with Crippen LogP contribution >= 0.6 is 0 Å². The van der Waals surface area contributed by atoms with Crippen molar-refractivity contribution >= 4 is 5.71 Å². The molecule has 0 saturated carbocycles. The zero-order valence-corrected chi connectivity index (χ0v) is 9.57. The predicted octanol–water partition coefficient (Wildman–Crippen LogP) is 2.55. The molecule has 3 heteroatoms. The molecule has 0 fully saturated rings. The zero-order chi connectivity index (χ0) is 11.8. The molecule has 1 aromatic carbocycles. The van der Waals surface area contributed by atoms with E-state index in [-0.39, 0.29) is 11.9 Å². The van der Waals surface area contributed by atoms with Crippen molar-refractivity contribution in [3.63, 3.8) is 0 Å². The molecule has 2 rings (SSSR count). The van der Waals surface area contributed by atoms with Crippen LogP contribution in [-0.2, 0) is 0 Å². The molecule has 0 bridgehead atoms. The molecule has 1 aliphatic heterocycles. The Hall–Kier alpha value is -1.22. The maximum Gasteiger partial charge on any atom is 0.123 e. The second kappa shape index (κ2) is 3.98. The number of halogens is 1. The fraction of sp³-hybridized carbons (Fsp3) is 0.462. The molecule has 0 aliphatic carbocycles. The van der Waals surface area contributed by atoms with Gasteiger partial charge in [0, 0.05) is 5.71 Å². The Labute approximate surface area is 94.8 Å². The second-order valence-corrected chi connectivity index (χ2v) is 4.79. The van der Waals surface area contributed by atoms with E-state index in [1.165, 1.54) is 12.1 Å². The highest BCUT2D eigenvalue weighted by Crippen LogP contribution is 2.26. The summed E-state index contributed by atoms with van der Waals surface area (Å²) in [4.78, 5) is 4.47. The van der Waals surface area contributed by atoms with Gasteiger partial charge in [0.2, 0.25) is 0 Å². The third kappa shape index (κ3) is 2.30. The molecule has 2 nitrogen and oxygen atoms in total. The number of hydrogen-bond acceptors (Lipinski definition) is 2. The van der Waals surface area contributed by atoms with Gasteiger partial charge >= 0.3 is 0 Å². The Balaban J connectivity index is 2.25. The van der Waals surface area contributed by atoms with Crippen LogP contribution in [0.4, 0.5) is 4.39 Å². The highest BCUT2D eigenvalue weighted by atomic mass is 19.1. The van der Waals surface area contributed by atoms with Crippen LogP contribution < -0.4 is 0 Å². The van der Waals surface area contributed by atoms with Gasteiger partial charge in [0.05, 0.1) is 11.6 Å². The van der Waals surface area contributed by atoms with Gasteiger partial charge < -0.3 is 5.11 Å². The maximum absolute atomic E-state index is 13.0. The van der Waals surface area contributed by atoms with E-state index in [2.05, 4.69) is 4.99 Å². The third-order valence-corrected chi connectivity index (χ3v) is 2.94. The monoisotopic (exact) mass is 221 g/mol. The fourth-order valence-corrected chi connectivity index (χ4v) is 1.99. The van der Waals surface area contributed by atoms with Crippen molar-refractivity contribution in [3.05, 3.63) is 35.6 Å². The number of nitrogens with zero attached hydrogens (tertiary/aromatic N) is 1. The number of aliphatic hydroxyl groups is 1. The Morgan fingerprint density at radius 1 is 1.44 bits per heavy atom. The summed E-state index contributed by atoms with van der Waals surface area (Å²) in [6.45, 7) is 3.52. The molecule has 0 unspecified atom stereocenters. The summed E-state index contributed by atoms with van der Waals surface area (Å²) in [5.41, 5.74) is 0.924. The summed E-state index contributed by atoms with van der Waals surface area (Å²) in [6.07, 6.45) is 1.63. The molecule has 1 aliphatic rings. The highest BCUT2D eigenvalue weighted by Gasteiger charge is 2.30. The zero-order valence-electron chi connectivity index (χ0n) is 9.57. The Morgan fingerprint density at radius 3 is 2.75 bits per heavy atom. The summed E-state index contributed by atoms with van der Waals surface area (Å²) >= 11 is 0. The average Bonchev–Trinajstić information content (AvgIpc) is 2.65. The predicted molar refractivity (Wildman–Crippen MR) is 62.3 cm³/mol. The van der Waals surface area contributed by atoms with Gasteiger partial charge in [-0.05, 0) is 44.4 Å². The molecule has 1 N–H and O–H groups in total. The maximum atomic E-state index is 13.0. The van der Waals surface area contributed by atoms with Crippen LogP contribution in [0.3, 0.4) is 0 Å². The number of hydrogen-bond donors (Lipinski definition) is 1. The van der Waals surface area contributed by atoms with Crippen LogP contribution in [0.15, 0.2) is 29.3 Å². The summed E-state index contributed by atoms with van der Waals surface area (Å²) in [5.74, 6) is -0.244. The first-order valence-electron chi connectivity index (χ1n) is 5.52. The van der Waals surface area contributed by atoms with Crippen molar-refractivity contribution in [2.45, 2.75) is 38.3 Å². The van der Waals surface area contributed by atoms with E-state index in [4.69, 9.17) is 0 Å². The summed E-state index contributed by atoms with van der Waals surface area (Å²) in [7, 11) is 0. The van der Waals surface area contributed by atoms with Gasteiger partial charge in [0.15, 0.2) is 0 Å². The first-order chi connectivity index (χ1) is 7.47. The van der Waals surface area contributed by atoms with Gasteiger partial charge in [-0.25, -0.2) is 4.39 Å². The normalized spacial score (nSPS) is 21.0. The third-order valence-electron chi connectivity index (χ3n) is 2.94. The van der Waals surface area contributed by atoms with Crippen molar-refractivity contribution < 1.29 is 9.50 Å². The van der Waals surface area contributed by atoms with Crippen LogP contribution in [0, 0.1) is 5.82 Å². The van der Waals surface area contributed by atoms with Gasteiger partial charge in [0.25, 0.3) is 0 Å². The molecule has 0 amide bonds. The lowest BCUT2D eigenvalue weighted by Crippen LogP contribution is -2.32. The van der Waals surface area contributed by atoms with Crippen LogP contribution in [0.2, 0.25) is 0 Å². The molecule has 1 heterocycles. The minimum Gasteiger partial charge on any atom is -0.388 e. The Morgan fingerprint density at radius 2 is 2.19 bits per heavy atom. The molecule has 0 saturated heterocycles. The fourth-order valence-electron chi connectivity index (χ4n) is 1.99. The molecule has 0 aromatic heterocycles. The molecular weight excluding hydrogens is 205 g/mol. The minimum absolute atomic E-state index is 0.0780. The van der Waals surface area contributed by atoms with Crippen molar-refractivity contribution in [2.75, 3.05) is 0 Å². The van der Waals surface area contributed by atoms with Crippen LogP contribution in [0.25, 0.3) is 0 Å².